The number of nitrogen functional groups attached to an aromatic ring is 1. The van der Waals surface area contributed by atoms with Gasteiger partial charge in [0.1, 0.15) is 0 Å². The van der Waals surface area contributed by atoms with Crippen LogP contribution < -0.4 is 5.73 Å². The molecule has 1 aliphatic rings. The predicted octanol–water partition coefficient (Wildman–Crippen LogP) is 1.58. The van der Waals surface area contributed by atoms with Crippen LogP contribution in [0.1, 0.15) is 29.3 Å². The lowest BCUT2D eigenvalue weighted by atomic mass is 9.83. The lowest BCUT2D eigenvalue weighted by molar-refractivity contribution is -0.148. The lowest BCUT2D eigenvalue weighted by Gasteiger charge is -2.22. The highest BCUT2D eigenvalue weighted by molar-refractivity contribution is 6.01. The zero-order chi connectivity index (χ0) is 12.4. The van der Waals surface area contributed by atoms with Gasteiger partial charge in [-0.25, -0.2) is 0 Å². The SMILES string of the molecule is CCOC(=O)C1CC(=O)c2cc(N)ccc2C1. The van der Waals surface area contributed by atoms with Gasteiger partial charge in [0, 0.05) is 17.7 Å². The van der Waals surface area contributed by atoms with E-state index in [0.717, 1.165) is 5.56 Å². The quantitative estimate of drug-likeness (QED) is 0.622. The fraction of sp³-hybridized carbons (Fsp3) is 0.385. The third kappa shape index (κ3) is 2.30. The number of fused-ring (bicyclic) bond motifs is 1. The molecular weight excluding hydrogens is 218 g/mol. The van der Waals surface area contributed by atoms with Crippen molar-refractivity contribution in [2.45, 2.75) is 19.8 Å². The number of carbonyl (C=O) groups excluding carboxylic acids is 2. The van der Waals surface area contributed by atoms with E-state index in [1.165, 1.54) is 0 Å². The number of ether oxygens (including phenoxy) is 1. The summed E-state index contributed by atoms with van der Waals surface area (Å²) >= 11 is 0. The molecule has 17 heavy (non-hydrogen) atoms. The van der Waals surface area contributed by atoms with Gasteiger partial charge in [0.05, 0.1) is 12.5 Å². The molecule has 4 nitrogen and oxygen atoms in total. The highest BCUT2D eigenvalue weighted by Gasteiger charge is 2.30. The Kier molecular flexibility index (Phi) is 3.13. The summed E-state index contributed by atoms with van der Waals surface area (Å²) in [6.07, 6.45) is 0.773. The molecule has 0 aliphatic heterocycles. The van der Waals surface area contributed by atoms with Crippen LogP contribution >= 0.6 is 0 Å². The Bertz CT molecular complexity index is 468. The number of nitrogens with two attached hydrogens (primary N) is 1. The van der Waals surface area contributed by atoms with Gasteiger partial charge in [0.25, 0.3) is 0 Å². The number of anilines is 1. The highest BCUT2D eigenvalue weighted by Crippen LogP contribution is 2.27. The summed E-state index contributed by atoms with van der Waals surface area (Å²) in [6, 6.07) is 5.24. The van der Waals surface area contributed by atoms with Crippen molar-refractivity contribution in [2.75, 3.05) is 12.3 Å². The first-order valence-electron chi connectivity index (χ1n) is 5.70. The third-order valence-corrected chi connectivity index (χ3v) is 2.95. The first-order chi connectivity index (χ1) is 8.11. The molecule has 1 atom stereocenters. The molecule has 4 heteroatoms. The Morgan fingerprint density at radius 3 is 2.94 bits per heavy atom. The summed E-state index contributed by atoms with van der Waals surface area (Å²) in [5.74, 6) is -0.668. The van der Waals surface area contributed by atoms with Crippen LogP contribution in [0, 0.1) is 5.92 Å². The van der Waals surface area contributed by atoms with Crippen LogP contribution in [0.2, 0.25) is 0 Å². The smallest absolute Gasteiger partial charge is 0.309 e. The predicted molar refractivity (Wildman–Crippen MR) is 63.6 cm³/mol. The number of benzene rings is 1. The topological polar surface area (TPSA) is 69.4 Å². The Balaban J connectivity index is 2.25. The fourth-order valence-corrected chi connectivity index (χ4v) is 2.13. The standard InChI is InChI=1S/C13H15NO3/c1-2-17-13(16)9-5-8-3-4-10(14)7-11(8)12(15)6-9/h3-4,7,9H,2,5-6,14H2,1H3. The van der Waals surface area contributed by atoms with Crippen molar-refractivity contribution in [3.8, 4) is 0 Å². The molecule has 1 aromatic rings. The number of carbonyl (C=O) groups is 2. The highest BCUT2D eigenvalue weighted by atomic mass is 16.5. The second-order valence-corrected chi connectivity index (χ2v) is 4.20. The van der Waals surface area contributed by atoms with Crippen LogP contribution in [0.15, 0.2) is 18.2 Å². The second-order valence-electron chi connectivity index (χ2n) is 4.20. The minimum atomic E-state index is -0.349. The van der Waals surface area contributed by atoms with Crippen molar-refractivity contribution in [3.63, 3.8) is 0 Å². The van der Waals surface area contributed by atoms with E-state index in [9.17, 15) is 9.59 Å². The molecule has 1 unspecified atom stereocenters. The van der Waals surface area contributed by atoms with Gasteiger partial charge < -0.3 is 10.5 Å². The van der Waals surface area contributed by atoms with Crippen molar-refractivity contribution >= 4 is 17.4 Å². The molecule has 2 N–H and O–H groups in total. The molecule has 1 aromatic carbocycles. The Morgan fingerprint density at radius 2 is 2.24 bits per heavy atom. The number of esters is 1. The maximum atomic E-state index is 11.9. The molecule has 0 amide bonds. The van der Waals surface area contributed by atoms with Gasteiger partial charge in [-0.1, -0.05) is 6.07 Å². The normalized spacial score (nSPS) is 18.6. The first-order valence-corrected chi connectivity index (χ1v) is 5.70. The molecule has 0 saturated heterocycles. The van der Waals surface area contributed by atoms with Gasteiger partial charge in [0.2, 0.25) is 0 Å². The maximum Gasteiger partial charge on any atom is 0.309 e. The van der Waals surface area contributed by atoms with Gasteiger partial charge >= 0.3 is 5.97 Å². The summed E-state index contributed by atoms with van der Waals surface area (Å²) in [7, 11) is 0. The van der Waals surface area contributed by atoms with Gasteiger partial charge in [-0.2, -0.15) is 0 Å². The molecular formula is C13H15NO3. The van der Waals surface area contributed by atoms with Crippen LogP contribution in [0.4, 0.5) is 5.69 Å². The van der Waals surface area contributed by atoms with E-state index in [1.54, 1.807) is 19.1 Å². The number of hydrogen-bond donors (Lipinski definition) is 1. The molecule has 1 aliphatic carbocycles. The van der Waals surface area contributed by atoms with Crippen LogP contribution in [0.25, 0.3) is 0 Å². The van der Waals surface area contributed by atoms with Crippen LogP contribution in [-0.4, -0.2) is 18.4 Å². The van der Waals surface area contributed by atoms with E-state index in [2.05, 4.69) is 0 Å². The number of hydrogen-bond acceptors (Lipinski definition) is 4. The van der Waals surface area contributed by atoms with Gasteiger partial charge in [-0.15, -0.1) is 0 Å². The first kappa shape index (κ1) is 11.6. The largest absolute Gasteiger partial charge is 0.466 e. The van der Waals surface area contributed by atoms with Crippen molar-refractivity contribution in [2.24, 2.45) is 5.92 Å². The monoisotopic (exact) mass is 233 g/mol. The van der Waals surface area contributed by atoms with Crippen molar-refractivity contribution in [3.05, 3.63) is 29.3 Å². The fourth-order valence-electron chi connectivity index (χ4n) is 2.13. The van der Waals surface area contributed by atoms with Gasteiger partial charge in [0.15, 0.2) is 5.78 Å². The Morgan fingerprint density at radius 1 is 1.47 bits per heavy atom. The Hall–Kier alpha value is -1.84. The molecule has 0 heterocycles. The number of rotatable bonds is 2. The molecule has 0 aromatic heterocycles. The molecule has 2 rings (SSSR count). The van der Waals surface area contributed by atoms with Gasteiger partial charge in [-0.3, -0.25) is 9.59 Å². The molecule has 0 saturated carbocycles. The molecule has 0 spiro atoms. The number of Topliss-reactive ketones (excluding diaryl/α,β-unsaturated/α-hetero) is 1. The van der Waals surface area contributed by atoms with Crippen molar-refractivity contribution in [1.29, 1.82) is 0 Å². The van der Waals surface area contributed by atoms with E-state index in [4.69, 9.17) is 10.5 Å². The van der Waals surface area contributed by atoms with Crippen molar-refractivity contribution in [1.82, 2.24) is 0 Å². The maximum absolute atomic E-state index is 11.9. The second kappa shape index (κ2) is 4.57. The van der Waals surface area contributed by atoms with Crippen LogP contribution in [-0.2, 0) is 16.0 Å². The van der Waals surface area contributed by atoms with E-state index >= 15 is 0 Å². The Labute approximate surface area is 99.8 Å². The van der Waals surface area contributed by atoms with E-state index in [1.807, 2.05) is 6.07 Å². The van der Waals surface area contributed by atoms with E-state index < -0.39 is 0 Å². The minimum Gasteiger partial charge on any atom is -0.466 e. The summed E-state index contributed by atoms with van der Waals surface area (Å²) in [5.41, 5.74) is 7.74. The summed E-state index contributed by atoms with van der Waals surface area (Å²) in [5, 5.41) is 0. The zero-order valence-electron chi connectivity index (χ0n) is 9.73. The molecule has 0 fully saturated rings. The zero-order valence-corrected chi connectivity index (χ0v) is 9.73. The van der Waals surface area contributed by atoms with E-state index in [-0.39, 0.29) is 24.1 Å². The average Bonchev–Trinajstić information content (AvgIpc) is 2.30. The minimum absolute atomic E-state index is 0.0309. The summed E-state index contributed by atoms with van der Waals surface area (Å²) in [4.78, 5) is 23.5. The van der Waals surface area contributed by atoms with Crippen molar-refractivity contribution < 1.29 is 14.3 Å². The lowest BCUT2D eigenvalue weighted by Crippen LogP contribution is -2.28. The van der Waals surface area contributed by atoms with Gasteiger partial charge in [-0.05, 0) is 31.0 Å². The molecule has 0 bridgehead atoms. The van der Waals surface area contributed by atoms with E-state index in [0.29, 0.717) is 24.3 Å². The van der Waals surface area contributed by atoms with Crippen LogP contribution in [0.3, 0.4) is 0 Å². The molecule has 90 valence electrons. The summed E-state index contributed by atoms with van der Waals surface area (Å²) in [6.45, 7) is 2.11. The van der Waals surface area contributed by atoms with Crippen LogP contribution in [0.5, 0.6) is 0 Å². The third-order valence-electron chi connectivity index (χ3n) is 2.95. The number of ketones is 1. The molecule has 0 radical (unpaired) electrons. The summed E-state index contributed by atoms with van der Waals surface area (Å²) < 4.78 is 4.95. The average molecular weight is 233 g/mol.